The van der Waals surface area contributed by atoms with Crippen molar-refractivity contribution in [1.29, 1.82) is 0 Å². The third-order valence-corrected chi connectivity index (χ3v) is 7.49. The standard InChI is InChI=1S/C22H25N3O5S/c1-2-15-6-3-4-8-18(15)24-22(27)16-7-5-11-25(13-16)31(28,29)17-9-10-20-19(12-17)23-21(26)14-30-20/h3-4,6,8-10,12,16H,2,5,7,11,13-14H2,1H3,(H,23,26)(H,24,27)/t16-/m0/s1. The van der Waals surface area contributed by atoms with Crippen molar-refractivity contribution >= 4 is 33.2 Å². The van der Waals surface area contributed by atoms with Crippen LogP contribution >= 0.6 is 0 Å². The van der Waals surface area contributed by atoms with E-state index in [4.69, 9.17) is 4.74 Å². The topological polar surface area (TPSA) is 105 Å². The molecule has 2 heterocycles. The quantitative estimate of drug-likeness (QED) is 0.739. The van der Waals surface area contributed by atoms with E-state index >= 15 is 0 Å². The van der Waals surface area contributed by atoms with Crippen LogP contribution in [0.1, 0.15) is 25.3 Å². The van der Waals surface area contributed by atoms with Gasteiger partial charge in [0.1, 0.15) is 5.75 Å². The summed E-state index contributed by atoms with van der Waals surface area (Å²) in [5.41, 5.74) is 2.13. The van der Waals surface area contributed by atoms with Crippen LogP contribution in [0.4, 0.5) is 11.4 Å². The van der Waals surface area contributed by atoms with Gasteiger partial charge in [0.05, 0.1) is 16.5 Å². The van der Waals surface area contributed by atoms with Gasteiger partial charge in [0, 0.05) is 18.8 Å². The number of rotatable bonds is 5. The van der Waals surface area contributed by atoms with E-state index in [0.717, 1.165) is 17.7 Å². The Morgan fingerprint density at radius 1 is 1.26 bits per heavy atom. The first-order valence-electron chi connectivity index (χ1n) is 10.3. The number of hydrogen-bond acceptors (Lipinski definition) is 5. The van der Waals surface area contributed by atoms with Crippen molar-refractivity contribution in [3.63, 3.8) is 0 Å². The van der Waals surface area contributed by atoms with Crippen LogP contribution in [0.25, 0.3) is 0 Å². The van der Waals surface area contributed by atoms with Crippen molar-refractivity contribution < 1.29 is 22.7 Å². The second kappa shape index (κ2) is 8.68. The Balaban J connectivity index is 1.50. The molecule has 0 unspecified atom stereocenters. The van der Waals surface area contributed by atoms with Crippen molar-refractivity contribution in [3.05, 3.63) is 48.0 Å². The lowest BCUT2D eigenvalue weighted by Gasteiger charge is -2.31. The van der Waals surface area contributed by atoms with Gasteiger partial charge in [0.25, 0.3) is 5.91 Å². The molecule has 2 aliphatic rings. The highest BCUT2D eigenvalue weighted by atomic mass is 32.2. The van der Waals surface area contributed by atoms with Gasteiger partial charge in [0.15, 0.2) is 6.61 Å². The maximum absolute atomic E-state index is 13.2. The third kappa shape index (κ3) is 4.42. The molecular weight excluding hydrogens is 418 g/mol. The Kier molecular flexibility index (Phi) is 5.97. The van der Waals surface area contributed by atoms with Crippen LogP contribution in [0.5, 0.6) is 5.75 Å². The van der Waals surface area contributed by atoms with Crippen LogP contribution in [0.3, 0.4) is 0 Å². The number of aryl methyl sites for hydroxylation is 1. The molecule has 2 aromatic carbocycles. The number of hydrogen-bond donors (Lipinski definition) is 2. The van der Waals surface area contributed by atoms with E-state index in [0.29, 0.717) is 30.8 Å². The Morgan fingerprint density at radius 3 is 2.87 bits per heavy atom. The highest BCUT2D eigenvalue weighted by Crippen LogP contribution is 2.32. The molecule has 1 atom stereocenters. The molecule has 1 fully saturated rings. The molecule has 2 amide bonds. The van der Waals surface area contributed by atoms with Gasteiger partial charge < -0.3 is 15.4 Å². The van der Waals surface area contributed by atoms with Crippen molar-refractivity contribution in [2.24, 2.45) is 5.92 Å². The van der Waals surface area contributed by atoms with Crippen molar-refractivity contribution in [2.45, 2.75) is 31.1 Å². The fraction of sp³-hybridized carbons (Fsp3) is 0.364. The summed E-state index contributed by atoms with van der Waals surface area (Å²) < 4.78 is 33.1. The van der Waals surface area contributed by atoms with Crippen LogP contribution in [-0.4, -0.2) is 44.2 Å². The summed E-state index contributed by atoms with van der Waals surface area (Å²) in [5, 5.41) is 5.59. The number of amides is 2. The molecule has 0 aromatic heterocycles. The van der Waals surface area contributed by atoms with Gasteiger partial charge in [-0.1, -0.05) is 25.1 Å². The summed E-state index contributed by atoms with van der Waals surface area (Å²) in [5.74, 6) is -0.505. The monoisotopic (exact) mass is 443 g/mol. The minimum Gasteiger partial charge on any atom is -0.482 e. The summed E-state index contributed by atoms with van der Waals surface area (Å²) in [7, 11) is -3.82. The maximum Gasteiger partial charge on any atom is 0.262 e. The zero-order valence-corrected chi connectivity index (χ0v) is 18.1. The number of carbonyl (C=O) groups excluding carboxylic acids is 2. The molecule has 4 rings (SSSR count). The first-order valence-corrected chi connectivity index (χ1v) is 11.8. The maximum atomic E-state index is 13.2. The fourth-order valence-corrected chi connectivity index (χ4v) is 5.48. The van der Waals surface area contributed by atoms with Gasteiger partial charge >= 0.3 is 0 Å². The predicted molar refractivity (Wildman–Crippen MR) is 116 cm³/mol. The minimum absolute atomic E-state index is 0.0643. The lowest BCUT2D eigenvalue weighted by Crippen LogP contribution is -2.43. The summed E-state index contributed by atoms with van der Waals surface area (Å²) >= 11 is 0. The van der Waals surface area contributed by atoms with E-state index in [1.807, 2.05) is 31.2 Å². The van der Waals surface area contributed by atoms with Crippen molar-refractivity contribution in [2.75, 3.05) is 30.3 Å². The molecular formula is C22H25N3O5S. The second-order valence-electron chi connectivity index (χ2n) is 7.70. The number of fused-ring (bicyclic) bond motifs is 1. The van der Waals surface area contributed by atoms with Crippen molar-refractivity contribution in [3.8, 4) is 5.75 Å². The predicted octanol–water partition coefficient (Wildman–Crippen LogP) is 2.62. The van der Waals surface area contributed by atoms with E-state index in [1.165, 1.54) is 22.5 Å². The summed E-state index contributed by atoms with van der Waals surface area (Å²) in [6.07, 6.45) is 2.01. The van der Waals surface area contributed by atoms with E-state index in [1.54, 1.807) is 0 Å². The molecule has 0 radical (unpaired) electrons. The number of para-hydroxylation sites is 1. The zero-order valence-electron chi connectivity index (χ0n) is 17.3. The van der Waals surface area contributed by atoms with Crippen LogP contribution in [0.15, 0.2) is 47.4 Å². The number of nitrogens with one attached hydrogen (secondary N) is 2. The number of sulfonamides is 1. The summed E-state index contributed by atoms with van der Waals surface area (Å²) in [6, 6.07) is 12.0. The number of piperidine rings is 1. The number of carbonyl (C=O) groups is 2. The normalized spacial score (nSPS) is 19.1. The van der Waals surface area contributed by atoms with Gasteiger partial charge in [0.2, 0.25) is 15.9 Å². The molecule has 0 spiro atoms. The van der Waals surface area contributed by atoms with Crippen LogP contribution in [0, 0.1) is 5.92 Å². The molecule has 0 saturated carbocycles. The molecule has 2 N–H and O–H groups in total. The minimum atomic E-state index is -3.82. The smallest absolute Gasteiger partial charge is 0.262 e. The highest BCUT2D eigenvalue weighted by Gasteiger charge is 2.34. The van der Waals surface area contributed by atoms with Crippen LogP contribution < -0.4 is 15.4 Å². The Bertz CT molecular complexity index is 1120. The third-order valence-electron chi connectivity index (χ3n) is 5.63. The van der Waals surface area contributed by atoms with Gasteiger partial charge in [-0.05, 0) is 49.1 Å². The van der Waals surface area contributed by atoms with E-state index in [9.17, 15) is 18.0 Å². The number of nitrogens with zero attached hydrogens (tertiary/aromatic N) is 1. The summed E-state index contributed by atoms with van der Waals surface area (Å²) in [4.78, 5) is 24.5. The second-order valence-corrected chi connectivity index (χ2v) is 9.63. The number of ether oxygens (including phenoxy) is 1. The molecule has 164 valence electrons. The molecule has 8 nitrogen and oxygen atoms in total. The first kappa shape index (κ1) is 21.3. The average molecular weight is 444 g/mol. The van der Waals surface area contributed by atoms with Crippen molar-refractivity contribution in [1.82, 2.24) is 4.31 Å². The van der Waals surface area contributed by atoms with Gasteiger partial charge in [-0.2, -0.15) is 4.31 Å². The van der Waals surface area contributed by atoms with Gasteiger partial charge in [-0.15, -0.1) is 0 Å². The largest absolute Gasteiger partial charge is 0.482 e. The SMILES string of the molecule is CCc1ccccc1NC(=O)[C@H]1CCCN(S(=O)(=O)c2ccc3c(c2)NC(=O)CO3)C1. The lowest BCUT2D eigenvalue weighted by molar-refractivity contribution is -0.121. The molecule has 0 aliphatic carbocycles. The first-order chi connectivity index (χ1) is 14.9. The fourth-order valence-electron chi connectivity index (χ4n) is 3.93. The Hall–Kier alpha value is -2.91. The average Bonchev–Trinajstić information content (AvgIpc) is 2.79. The number of anilines is 2. The van der Waals surface area contributed by atoms with Crippen LogP contribution in [0.2, 0.25) is 0 Å². The van der Waals surface area contributed by atoms with E-state index in [2.05, 4.69) is 10.6 Å². The van der Waals surface area contributed by atoms with Gasteiger partial charge in [-0.25, -0.2) is 8.42 Å². The highest BCUT2D eigenvalue weighted by molar-refractivity contribution is 7.89. The molecule has 31 heavy (non-hydrogen) atoms. The zero-order chi connectivity index (χ0) is 22.0. The molecule has 9 heteroatoms. The van der Waals surface area contributed by atoms with E-state index in [-0.39, 0.29) is 29.9 Å². The molecule has 1 saturated heterocycles. The van der Waals surface area contributed by atoms with E-state index < -0.39 is 15.9 Å². The van der Waals surface area contributed by atoms with Gasteiger partial charge in [-0.3, -0.25) is 9.59 Å². The molecule has 2 aromatic rings. The molecule has 0 bridgehead atoms. The summed E-state index contributed by atoms with van der Waals surface area (Å²) in [6.45, 7) is 2.38. The van der Waals surface area contributed by atoms with Crippen LogP contribution in [-0.2, 0) is 26.0 Å². The lowest BCUT2D eigenvalue weighted by atomic mass is 9.98. The number of benzene rings is 2. The molecule has 2 aliphatic heterocycles. The Labute approximate surface area is 181 Å². The Morgan fingerprint density at radius 2 is 2.06 bits per heavy atom.